The fraction of sp³-hybridized carbons (Fsp3) is 0.647. The summed E-state index contributed by atoms with van der Waals surface area (Å²) in [6.45, 7) is 8.69. The molecule has 1 aromatic heterocycles. The molecule has 1 atom stereocenters. The van der Waals surface area contributed by atoms with Gasteiger partial charge in [-0.25, -0.2) is 0 Å². The first-order chi connectivity index (χ1) is 10.1. The van der Waals surface area contributed by atoms with Crippen molar-refractivity contribution in [3.05, 3.63) is 30.1 Å². The normalized spacial score (nSPS) is 21.7. The van der Waals surface area contributed by atoms with Gasteiger partial charge in [-0.05, 0) is 45.4 Å². The van der Waals surface area contributed by atoms with Crippen LogP contribution in [0.5, 0.6) is 0 Å². The Balaban J connectivity index is 2.18. The van der Waals surface area contributed by atoms with Crippen molar-refractivity contribution in [2.24, 2.45) is 5.41 Å². The molecule has 0 spiro atoms. The van der Waals surface area contributed by atoms with Crippen molar-refractivity contribution in [2.75, 3.05) is 13.1 Å². The monoisotopic (exact) mass is 289 g/mol. The van der Waals surface area contributed by atoms with Gasteiger partial charge in [0, 0.05) is 18.8 Å². The number of hydrogen-bond acceptors (Lipinski definition) is 3. The van der Waals surface area contributed by atoms with E-state index in [0.29, 0.717) is 6.54 Å². The molecule has 1 aliphatic heterocycles. The van der Waals surface area contributed by atoms with E-state index in [1.807, 2.05) is 23.1 Å². The van der Waals surface area contributed by atoms with Gasteiger partial charge in [0.1, 0.15) is 0 Å². The molecule has 1 unspecified atom stereocenters. The lowest BCUT2D eigenvalue weighted by Crippen LogP contribution is -2.48. The van der Waals surface area contributed by atoms with E-state index in [-0.39, 0.29) is 17.4 Å². The molecular weight excluding hydrogens is 262 g/mol. The van der Waals surface area contributed by atoms with Gasteiger partial charge < -0.3 is 10.2 Å². The predicted molar refractivity (Wildman–Crippen MR) is 84.8 cm³/mol. The fourth-order valence-corrected chi connectivity index (χ4v) is 3.18. The third-order valence-corrected chi connectivity index (χ3v) is 4.37. The molecule has 1 aromatic rings. The van der Waals surface area contributed by atoms with E-state index in [9.17, 15) is 4.79 Å². The number of nitrogens with one attached hydrogen (secondary N) is 1. The summed E-state index contributed by atoms with van der Waals surface area (Å²) in [7, 11) is 0. The molecular formula is C17H27N3O. The second-order valence-corrected chi connectivity index (χ2v) is 6.30. The van der Waals surface area contributed by atoms with Gasteiger partial charge in [0.05, 0.1) is 17.7 Å². The van der Waals surface area contributed by atoms with Crippen molar-refractivity contribution < 1.29 is 4.79 Å². The maximum absolute atomic E-state index is 13.2. The number of rotatable bonds is 6. The Morgan fingerprint density at radius 3 is 2.81 bits per heavy atom. The Morgan fingerprint density at radius 2 is 2.29 bits per heavy atom. The number of hydrogen-bond donors (Lipinski definition) is 1. The summed E-state index contributed by atoms with van der Waals surface area (Å²) in [5.41, 5.74) is 0.741. The molecule has 116 valence electrons. The van der Waals surface area contributed by atoms with E-state index >= 15 is 0 Å². The standard InChI is InChI=1S/C17H27N3O/c1-4-8-17(9-11-18-13-17)16(21)20(14(2)3)12-15-7-5-6-10-19-15/h5-7,10,14,18H,4,8-9,11-13H2,1-3H3. The molecule has 21 heavy (non-hydrogen) atoms. The Hall–Kier alpha value is -1.42. The van der Waals surface area contributed by atoms with Crippen LogP contribution in [0, 0.1) is 5.41 Å². The van der Waals surface area contributed by atoms with Crippen LogP contribution in [0.3, 0.4) is 0 Å². The highest BCUT2D eigenvalue weighted by molar-refractivity contribution is 5.83. The second-order valence-electron chi connectivity index (χ2n) is 6.30. The molecule has 1 N–H and O–H groups in total. The minimum Gasteiger partial charge on any atom is -0.334 e. The Kier molecular flexibility index (Phi) is 5.34. The van der Waals surface area contributed by atoms with Crippen molar-refractivity contribution in [2.45, 2.75) is 52.6 Å². The largest absolute Gasteiger partial charge is 0.334 e. The van der Waals surface area contributed by atoms with Crippen LogP contribution in [0.15, 0.2) is 24.4 Å². The van der Waals surface area contributed by atoms with Crippen LogP contribution in [0.25, 0.3) is 0 Å². The molecule has 1 saturated heterocycles. The Bertz CT molecular complexity index is 452. The lowest BCUT2D eigenvalue weighted by molar-refractivity contribution is -0.144. The summed E-state index contributed by atoms with van der Waals surface area (Å²) in [4.78, 5) is 19.5. The predicted octanol–water partition coefficient (Wildman–Crippen LogP) is 2.60. The van der Waals surface area contributed by atoms with Crippen LogP contribution in [0.2, 0.25) is 0 Å². The van der Waals surface area contributed by atoms with Gasteiger partial charge in [-0.1, -0.05) is 19.4 Å². The smallest absolute Gasteiger partial charge is 0.230 e. The lowest BCUT2D eigenvalue weighted by Gasteiger charge is -2.36. The second kappa shape index (κ2) is 7.03. The summed E-state index contributed by atoms with van der Waals surface area (Å²) in [5, 5.41) is 3.37. The minimum absolute atomic E-state index is 0.189. The summed E-state index contributed by atoms with van der Waals surface area (Å²) in [6.07, 6.45) is 4.75. The van der Waals surface area contributed by atoms with Crippen LogP contribution in [-0.4, -0.2) is 34.9 Å². The number of carbonyl (C=O) groups is 1. The zero-order valence-corrected chi connectivity index (χ0v) is 13.4. The quantitative estimate of drug-likeness (QED) is 0.875. The van der Waals surface area contributed by atoms with Crippen LogP contribution in [-0.2, 0) is 11.3 Å². The molecule has 1 amide bonds. The minimum atomic E-state index is -0.214. The first-order valence-electron chi connectivity index (χ1n) is 8.01. The molecule has 0 aromatic carbocycles. The fourth-order valence-electron chi connectivity index (χ4n) is 3.18. The maximum Gasteiger partial charge on any atom is 0.230 e. The van der Waals surface area contributed by atoms with Gasteiger partial charge in [0.25, 0.3) is 0 Å². The van der Waals surface area contributed by atoms with E-state index in [1.165, 1.54) is 0 Å². The molecule has 0 bridgehead atoms. The van der Waals surface area contributed by atoms with Crippen molar-refractivity contribution in [1.82, 2.24) is 15.2 Å². The highest BCUT2D eigenvalue weighted by atomic mass is 16.2. The third-order valence-electron chi connectivity index (χ3n) is 4.37. The zero-order valence-electron chi connectivity index (χ0n) is 13.4. The van der Waals surface area contributed by atoms with Gasteiger partial charge in [-0.2, -0.15) is 0 Å². The average Bonchev–Trinajstić information content (AvgIpc) is 2.95. The summed E-state index contributed by atoms with van der Waals surface area (Å²) < 4.78 is 0. The van der Waals surface area contributed by atoms with Gasteiger partial charge in [-0.3, -0.25) is 9.78 Å². The van der Waals surface area contributed by atoms with E-state index in [0.717, 1.165) is 38.0 Å². The maximum atomic E-state index is 13.2. The van der Waals surface area contributed by atoms with Crippen LogP contribution in [0.1, 0.15) is 45.7 Å². The van der Waals surface area contributed by atoms with E-state index in [4.69, 9.17) is 0 Å². The first kappa shape index (κ1) is 16.0. The van der Waals surface area contributed by atoms with Crippen molar-refractivity contribution in [1.29, 1.82) is 0 Å². The van der Waals surface area contributed by atoms with Crippen molar-refractivity contribution >= 4 is 5.91 Å². The van der Waals surface area contributed by atoms with E-state index < -0.39 is 0 Å². The van der Waals surface area contributed by atoms with Crippen molar-refractivity contribution in [3.8, 4) is 0 Å². The molecule has 4 nitrogen and oxygen atoms in total. The highest BCUT2D eigenvalue weighted by Crippen LogP contribution is 2.34. The molecule has 0 saturated carbocycles. The number of amides is 1. The number of carbonyl (C=O) groups excluding carboxylic acids is 1. The van der Waals surface area contributed by atoms with E-state index in [2.05, 4.69) is 31.1 Å². The lowest BCUT2D eigenvalue weighted by atomic mass is 9.80. The summed E-state index contributed by atoms with van der Waals surface area (Å²) in [5.74, 6) is 0.287. The molecule has 0 aliphatic carbocycles. The number of nitrogens with zero attached hydrogens (tertiary/aromatic N) is 2. The molecule has 1 fully saturated rings. The molecule has 1 aliphatic rings. The van der Waals surface area contributed by atoms with Crippen molar-refractivity contribution in [3.63, 3.8) is 0 Å². The zero-order chi connectivity index (χ0) is 15.3. The summed E-state index contributed by atoms with van der Waals surface area (Å²) >= 11 is 0. The highest BCUT2D eigenvalue weighted by Gasteiger charge is 2.43. The molecule has 4 heteroatoms. The van der Waals surface area contributed by atoms with Gasteiger partial charge in [0.2, 0.25) is 5.91 Å². The average molecular weight is 289 g/mol. The Morgan fingerprint density at radius 1 is 1.48 bits per heavy atom. The van der Waals surface area contributed by atoms with Gasteiger partial charge >= 0.3 is 0 Å². The van der Waals surface area contributed by atoms with Crippen LogP contribution in [0.4, 0.5) is 0 Å². The number of pyridine rings is 1. The summed E-state index contributed by atoms with van der Waals surface area (Å²) in [6, 6.07) is 6.06. The molecule has 2 heterocycles. The molecule has 2 rings (SSSR count). The Labute approximate surface area is 127 Å². The van der Waals surface area contributed by atoms with Gasteiger partial charge in [0.15, 0.2) is 0 Å². The van der Waals surface area contributed by atoms with E-state index in [1.54, 1.807) is 6.20 Å². The van der Waals surface area contributed by atoms with Gasteiger partial charge in [-0.15, -0.1) is 0 Å². The SMILES string of the molecule is CCCC1(C(=O)N(Cc2ccccn2)C(C)C)CCNC1. The first-order valence-corrected chi connectivity index (χ1v) is 8.01. The van der Waals surface area contributed by atoms with Crippen LogP contribution < -0.4 is 5.32 Å². The van der Waals surface area contributed by atoms with Crippen LogP contribution >= 0.6 is 0 Å². The topological polar surface area (TPSA) is 45.2 Å². The molecule has 0 radical (unpaired) electrons. The third kappa shape index (κ3) is 3.62. The number of aromatic nitrogens is 1.